The van der Waals surface area contributed by atoms with Crippen LogP contribution in [0.3, 0.4) is 0 Å². The number of aromatic nitrogens is 1. The summed E-state index contributed by atoms with van der Waals surface area (Å²) in [5.74, 6) is -0.847. The lowest BCUT2D eigenvalue weighted by Gasteiger charge is -1.93. The zero-order valence-corrected chi connectivity index (χ0v) is 9.92. The quantitative estimate of drug-likeness (QED) is 0.918. The molecule has 0 amide bonds. The highest BCUT2D eigenvalue weighted by Gasteiger charge is 2.06. The number of halogens is 1. The predicted molar refractivity (Wildman–Crippen MR) is 66.1 cm³/mol. The average molecular weight is 256 g/mol. The molecule has 5 heteroatoms. The summed E-state index contributed by atoms with van der Waals surface area (Å²) in [4.78, 5) is 14.7. The number of thiazole rings is 1. The van der Waals surface area contributed by atoms with Crippen LogP contribution in [0.2, 0.25) is 0 Å². The average Bonchev–Trinajstić information content (AvgIpc) is 2.67. The molecular weight excluding hydrogens is 246 g/mol. The zero-order chi connectivity index (χ0) is 10.7. The highest BCUT2D eigenvalue weighted by atomic mass is 35.5. The van der Waals surface area contributed by atoms with Crippen LogP contribution < -0.4 is 0 Å². The predicted octanol–water partition coefficient (Wildman–Crippen LogP) is 2.86. The number of carbonyl (C=O) groups is 1. The Balaban J connectivity index is 0.00000128. The van der Waals surface area contributed by atoms with E-state index in [1.165, 1.54) is 11.3 Å². The topological polar surface area (TPSA) is 50.2 Å². The second-order valence-electron chi connectivity index (χ2n) is 3.08. The molecule has 0 spiro atoms. The largest absolute Gasteiger partial charge is 0.481 e. The minimum absolute atomic E-state index is 0. The Morgan fingerprint density at radius 1 is 1.31 bits per heavy atom. The third kappa shape index (κ3) is 3.05. The van der Waals surface area contributed by atoms with Crippen LogP contribution in [0.4, 0.5) is 0 Å². The van der Waals surface area contributed by atoms with Gasteiger partial charge in [-0.05, 0) is 0 Å². The maximum Gasteiger partial charge on any atom is 0.309 e. The first kappa shape index (κ1) is 12.7. The Kier molecular flexibility index (Phi) is 4.46. The molecule has 84 valence electrons. The number of nitrogens with zero attached hydrogens (tertiary/aromatic N) is 1. The molecule has 16 heavy (non-hydrogen) atoms. The van der Waals surface area contributed by atoms with Crippen LogP contribution >= 0.6 is 23.7 Å². The molecule has 0 fully saturated rings. The molecule has 1 heterocycles. The summed E-state index contributed by atoms with van der Waals surface area (Å²) >= 11 is 1.47. The number of rotatable bonds is 3. The third-order valence-corrected chi connectivity index (χ3v) is 2.85. The van der Waals surface area contributed by atoms with Gasteiger partial charge in [0.1, 0.15) is 5.01 Å². The smallest absolute Gasteiger partial charge is 0.309 e. The lowest BCUT2D eigenvalue weighted by Crippen LogP contribution is -1.99. The fourth-order valence-corrected chi connectivity index (χ4v) is 2.08. The van der Waals surface area contributed by atoms with E-state index in [4.69, 9.17) is 5.11 Å². The van der Waals surface area contributed by atoms with Crippen LogP contribution in [-0.2, 0) is 11.2 Å². The van der Waals surface area contributed by atoms with Crippen LogP contribution in [-0.4, -0.2) is 16.1 Å². The molecular formula is C11H10ClNO2S. The molecule has 0 aliphatic carbocycles. The van der Waals surface area contributed by atoms with E-state index in [0.29, 0.717) is 5.69 Å². The van der Waals surface area contributed by atoms with Gasteiger partial charge in [0.2, 0.25) is 0 Å². The number of aliphatic carboxylic acids is 1. The molecule has 2 aromatic rings. The summed E-state index contributed by atoms with van der Waals surface area (Å²) in [5, 5.41) is 11.3. The molecule has 1 aromatic carbocycles. The van der Waals surface area contributed by atoms with Gasteiger partial charge in [-0.25, -0.2) is 4.98 Å². The fraction of sp³-hybridized carbons (Fsp3) is 0.0909. The lowest BCUT2D eigenvalue weighted by molar-refractivity contribution is -0.136. The van der Waals surface area contributed by atoms with Crippen molar-refractivity contribution in [1.82, 2.24) is 4.98 Å². The SMILES string of the molecule is Cl.O=C(O)Cc1csc(-c2ccccc2)n1. The maximum absolute atomic E-state index is 10.5. The summed E-state index contributed by atoms with van der Waals surface area (Å²) in [5.41, 5.74) is 1.64. The maximum atomic E-state index is 10.5. The third-order valence-electron chi connectivity index (χ3n) is 1.90. The van der Waals surface area contributed by atoms with Gasteiger partial charge in [0, 0.05) is 10.9 Å². The van der Waals surface area contributed by atoms with Crippen molar-refractivity contribution in [3.8, 4) is 10.6 Å². The van der Waals surface area contributed by atoms with Crippen molar-refractivity contribution in [3.05, 3.63) is 41.4 Å². The van der Waals surface area contributed by atoms with Crippen molar-refractivity contribution in [3.63, 3.8) is 0 Å². The van der Waals surface area contributed by atoms with E-state index in [1.807, 2.05) is 30.3 Å². The van der Waals surface area contributed by atoms with Gasteiger partial charge in [0.05, 0.1) is 12.1 Å². The van der Waals surface area contributed by atoms with Gasteiger partial charge in [-0.1, -0.05) is 30.3 Å². The van der Waals surface area contributed by atoms with Crippen molar-refractivity contribution in [2.75, 3.05) is 0 Å². The number of carboxylic acid groups (broad SMARTS) is 1. The Hall–Kier alpha value is -1.39. The number of hydrogen-bond acceptors (Lipinski definition) is 3. The second kappa shape index (κ2) is 5.63. The molecule has 1 aromatic heterocycles. The number of carboxylic acids is 1. The molecule has 0 unspecified atom stereocenters. The Morgan fingerprint density at radius 2 is 2.00 bits per heavy atom. The summed E-state index contributed by atoms with van der Waals surface area (Å²) < 4.78 is 0. The molecule has 0 atom stereocenters. The van der Waals surface area contributed by atoms with Gasteiger partial charge in [-0.3, -0.25) is 4.79 Å². The van der Waals surface area contributed by atoms with E-state index in [2.05, 4.69) is 4.98 Å². The molecule has 0 aliphatic rings. The first-order valence-electron chi connectivity index (χ1n) is 4.47. The Labute approximate surface area is 103 Å². The van der Waals surface area contributed by atoms with Crippen LogP contribution in [0.15, 0.2) is 35.7 Å². The molecule has 0 saturated carbocycles. The first-order chi connectivity index (χ1) is 7.25. The van der Waals surface area contributed by atoms with Crippen LogP contribution in [0.1, 0.15) is 5.69 Å². The number of benzene rings is 1. The van der Waals surface area contributed by atoms with Gasteiger partial charge in [0.25, 0.3) is 0 Å². The summed E-state index contributed by atoms with van der Waals surface area (Å²) in [6.45, 7) is 0. The normalized spacial score (nSPS) is 9.50. The zero-order valence-electron chi connectivity index (χ0n) is 8.29. The standard InChI is InChI=1S/C11H9NO2S.ClH/c13-10(14)6-9-7-15-11(12-9)8-4-2-1-3-5-8;/h1-5,7H,6H2,(H,13,14);1H. The Morgan fingerprint density at radius 3 is 2.62 bits per heavy atom. The minimum atomic E-state index is -0.847. The molecule has 0 radical (unpaired) electrons. The van der Waals surface area contributed by atoms with Gasteiger partial charge in [-0.15, -0.1) is 23.7 Å². The van der Waals surface area contributed by atoms with Crippen molar-refractivity contribution >= 4 is 29.7 Å². The molecule has 0 bridgehead atoms. The molecule has 3 nitrogen and oxygen atoms in total. The van der Waals surface area contributed by atoms with Crippen LogP contribution in [0.5, 0.6) is 0 Å². The highest BCUT2D eigenvalue weighted by Crippen LogP contribution is 2.23. The van der Waals surface area contributed by atoms with Gasteiger partial charge in [0.15, 0.2) is 0 Å². The van der Waals surface area contributed by atoms with Gasteiger partial charge in [-0.2, -0.15) is 0 Å². The minimum Gasteiger partial charge on any atom is -0.481 e. The van der Waals surface area contributed by atoms with Crippen LogP contribution in [0, 0.1) is 0 Å². The van der Waals surface area contributed by atoms with E-state index >= 15 is 0 Å². The van der Waals surface area contributed by atoms with Crippen LogP contribution in [0.25, 0.3) is 10.6 Å². The molecule has 0 saturated heterocycles. The van der Waals surface area contributed by atoms with E-state index in [1.54, 1.807) is 5.38 Å². The summed E-state index contributed by atoms with van der Waals surface area (Å²) in [7, 11) is 0. The second-order valence-corrected chi connectivity index (χ2v) is 3.94. The summed E-state index contributed by atoms with van der Waals surface area (Å²) in [6.07, 6.45) is -0.0106. The van der Waals surface area contributed by atoms with Crippen molar-refractivity contribution in [2.24, 2.45) is 0 Å². The van der Waals surface area contributed by atoms with E-state index in [-0.39, 0.29) is 18.8 Å². The molecule has 1 N–H and O–H groups in total. The molecule has 2 rings (SSSR count). The van der Waals surface area contributed by atoms with E-state index in [9.17, 15) is 4.79 Å². The highest BCUT2D eigenvalue weighted by molar-refractivity contribution is 7.13. The monoisotopic (exact) mass is 255 g/mol. The van der Waals surface area contributed by atoms with Crippen molar-refractivity contribution < 1.29 is 9.90 Å². The first-order valence-corrected chi connectivity index (χ1v) is 5.35. The van der Waals surface area contributed by atoms with Gasteiger partial charge < -0.3 is 5.11 Å². The van der Waals surface area contributed by atoms with Crippen molar-refractivity contribution in [2.45, 2.75) is 6.42 Å². The van der Waals surface area contributed by atoms with E-state index < -0.39 is 5.97 Å². The molecule has 0 aliphatic heterocycles. The summed E-state index contributed by atoms with van der Waals surface area (Å²) in [6, 6.07) is 9.74. The van der Waals surface area contributed by atoms with E-state index in [0.717, 1.165) is 10.6 Å². The fourth-order valence-electron chi connectivity index (χ4n) is 1.26. The Bertz CT molecular complexity index is 470. The van der Waals surface area contributed by atoms with Crippen molar-refractivity contribution in [1.29, 1.82) is 0 Å². The van der Waals surface area contributed by atoms with Gasteiger partial charge >= 0.3 is 5.97 Å². The number of hydrogen-bond donors (Lipinski definition) is 1. The lowest BCUT2D eigenvalue weighted by atomic mass is 10.2.